The second-order valence-corrected chi connectivity index (χ2v) is 4.31. The highest BCUT2D eigenvalue weighted by Gasteiger charge is 2.06. The Kier molecular flexibility index (Phi) is 3.80. The molecule has 0 spiro atoms. The monoisotopic (exact) mass is 259 g/mol. The Hall–Kier alpha value is -2.36. The Morgan fingerprint density at radius 3 is 2.53 bits per heavy atom. The molecular formula is C15H14FNO2. The van der Waals surface area contributed by atoms with E-state index in [9.17, 15) is 9.18 Å². The Balaban J connectivity index is 2.12. The zero-order chi connectivity index (χ0) is 13.8. The molecule has 2 aromatic carbocycles. The van der Waals surface area contributed by atoms with Gasteiger partial charge < -0.3 is 10.4 Å². The molecule has 0 saturated heterocycles. The van der Waals surface area contributed by atoms with Gasteiger partial charge in [-0.25, -0.2) is 9.18 Å². The highest BCUT2D eigenvalue weighted by molar-refractivity contribution is 5.89. The molecule has 0 aromatic heterocycles. The van der Waals surface area contributed by atoms with Gasteiger partial charge in [0.2, 0.25) is 0 Å². The van der Waals surface area contributed by atoms with Gasteiger partial charge in [0.1, 0.15) is 5.82 Å². The van der Waals surface area contributed by atoms with Gasteiger partial charge in [0.15, 0.2) is 0 Å². The molecule has 0 fully saturated rings. The summed E-state index contributed by atoms with van der Waals surface area (Å²) in [5.41, 5.74) is 2.91. The fourth-order valence-corrected chi connectivity index (χ4v) is 1.75. The van der Waals surface area contributed by atoms with Gasteiger partial charge in [-0.15, -0.1) is 0 Å². The van der Waals surface area contributed by atoms with Crippen molar-refractivity contribution in [1.29, 1.82) is 0 Å². The molecule has 0 aliphatic heterocycles. The number of anilines is 1. The first-order valence-corrected chi connectivity index (χ1v) is 5.88. The van der Waals surface area contributed by atoms with E-state index in [0.717, 1.165) is 16.8 Å². The van der Waals surface area contributed by atoms with Crippen LogP contribution in [0, 0.1) is 12.7 Å². The second-order valence-electron chi connectivity index (χ2n) is 4.31. The number of nitrogens with one attached hydrogen (secondary N) is 1. The molecule has 0 heterocycles. The summed E-state index contributed by atoms with van der Waals surface area (Å²) in [5.74, 6) is -1.22. The summed E-state index contributed by atoms with van der Waals surface area (Å²) in [6.07, 6.45) is 0. The van der Waals surface area contributed by atoms with Crippen LogP contribution in [0.15, 0.2) is 42.5 Å². The van der Waals surface area contributed by atoms with Crippen molar-refractivity contribution in [2.24, 2.45) is 0 Å². The van der Waals surface area contributed by atoms with Crippen LogP contribution in [0.4, 0.5) is 10.1 Å². The molecular weight excluding hydrogens is 245 g/mol. The molecule has 4 heteroatoms. The van der Waals surface area contributed by atoms with Crippen LogP contribution < -0.4 is 5.32 Å². The van der Waals surface area contributed by atoms with Gasteiger partial charge in [0.05, 0.1) is 5.56 Å². The fraction of sp³-hybridized carbons (Fsp3) is 0.133. The van der Waals surface area contributed by atoms with Crippen molar-refractivity contribution in [1.82, 2.24) is 0 Å². The largest absolute Gasteiger partial charge is 0.478 e. The van der Waals surface area contributed by atoms with Crippen LogP contribution in [0.3, 0.4) is 0 Å². The molecule has 0 unspecified atom stereocenters. The molecule has 0 atom stereocenters. The van der Waals surface area contributed by atoms with Crippen LogP contribution in [0.5, 0.6) is 0 Å². The van der Waals surface area contributed by atoms with Gasteiger partial charge in [-0.1, -0.05) is 18.2 Å². The topological polar surface area (TPSA) is 49.3 Å². The number of carboxylic acid groups (broad SMARTS) is 1. The highest BCUT2D eigenvalue weighted by atomic mass is 19.1. The van der Waals surface area contributed by atoms with E-state index in [-0.39, 0.29) is 11.4 Å². The van der Waals surface area contributed by atoms with Gasteiger partial charge in [0, 0.05) is 12.2 Å². The summed E-state index contributed by atoms with van der Waals surface area (Å²) < 4.78 is 12.8. The molecule has 0 bridgehead atoms. The van der Waals surface area contributed by atoms with E-state index in [0.29, 0.717) is 6.54 Å². The quantitative estimate of drug-likeness (QED) is 0.884. The minimum atomic E-state index is -0.954. The molecule has 0 aliphatic rings. The first-order valence-electron chi connectivity index (χ1n) is 5.88. The van der Waals surface area contributed by atoms with E-state index in [1.807, 2.05) is 6.92 Å². The molecule has 3 nitrogen and oxygen atoms in total. The lowest BCUT2D eigenvalue weighted by atomic mass is 10.1. The number of aromatic carboxylic acids is 1. The Labute approximate surface area is 110 Å². The van der Waals surface area contributed by atoms with Gasteiger partial charge >= 0.3 is 5.97 Å². The normalized spacial score (nSPS) is 10.2. The third-order valence-electron chi connectivity index (χ3n) is 2.88. The first kappa shape index (κ1) is 13.1. The lowest BCUT2D eigenvalue weighted by molar-refractivity contribution is 0.0697. The summed E-state index contributed by atoms with van der Waals surface area (Å²) >= 11 is 0. The summed E-state index contributed by atoms with van der Waals surface area (Å²) in [5, 5.41) is 12.1. The number of hydrogen-bond donors (Lipinski definition) is 2. The van der Waals surface area contributed by atoms with Crippen LogP contribution in [-0.2, 0) is 6.54 Å². The van der Waals surface area contributed by atoms with Crippen LogP contribution in [-0.4, -0.2) is 11.1 Å². The lowest BCUT2D eigenvalue weighted by Gasteiger charge is -2.10. The minimum absolute atomic E-state index is 0.243. The number of rotatable bonds is 4. The van der Waals surface area contributed by atoms with Gasteiger partial charge in [-0.05, 0) is 42.3 Å². The van der Waals surface area contributed by atoms with Crippen molar-refractivity contribution >= 4 is 11.7 Å². The molecule has 2 N–H and O–H groups in total. The zero-order valence-electron chi connectivity index (χ0n) is 10.5. The lowest BCUT2D eigenvalue weighted by Crippen LogP contribution is -2.03. The second kappa shape index (κ2) is 5.52. The van der Waals surface area contributed by atoms with Crippen LogP contribution in [0.1, 0.15) is 21.5 Å². The van der Waals surface area contributed by atoms with Crippen molar-refractivity contribution < 1.29 is 14.3 Å². The van der Waals surface area contributed by atoms with E-state index >= 15 is 0 Å². The van der Waals surface area contributed by atoms with E-state index in [2.05, 4.69) is 5.32 Å². The molecule has 0 aliphatic carbocycles. The molecule has 2 rings (SSSR count). The molecule has 0 saturated carbocycles. The summed E-state index contributed by atoms with van der Waals surface area (Å²) in [6.45, 7) is 2.42. The van der Waals surface area contributed by atoms with Crippen molar-refractivity contribution in [3.05, 3.63) is 65.0 Å². The number of aryl methyl sites for hydroxylation is 1. The van der Waals surface area contributed by atoms with E-state index in [1.54, 1.807) is 30.3 Å². The smallest absolute Gasteiger partial charge is 0.335 e. The number of benzene rings is 2. The maximum absolute atomic E-state index is 12.8. The van der Waals surface area contributed by atoms with Crippen molar-refractivity contribution in [2.45, 2.75) is 13.5 Å². The first-order chi connectivity index (χ1) is 9.06. The van der Waals surface area contributed by atoms with Crippen molar-refractivity contribution in [3.8, 4) is 0 Å². The van der Waals surface area contributed by atoms with E-state index < -0.39 is 5.97 Å². The number of carbonyl (C=O) groups is 1. The zero-order valence-corrected chi connectivity index (χ0v) is 10.5. The average molecular weight is 259 g/mol. The van der Waals surface area contributed by atoms with E-state index in [4.69, 9.17) is 5.11 Å². The predicted octanol–water partition coefficient (Wildman–Crippen LogP) is 3.44. The number of halogens is 1. The summed E-state index contributed by atoms with van der Waals surface area (Å²) in [4.78, 5) is 10.9. The van der Waals surface area contributed by atoms with Crippen molar-refractivity contribution in [2.75, 3.05) is 5.32 Å². The third-order valence-corrected chi connectivity index (χ3v) is 2.88. The standard InChI is InChI=1S/C15H14FNO2/c1-10-2-5-12(15(18)19)8-14(10)17-9-11-3-6-13(16)7-4-11/h2-8,17H,9H2,1H3,(H,18,19). The van der Waals surface area contributed by atoms with Crippen LogP contribution in [0.2, 0.25) is 0 Å². The molecule has 19 heavy (non-hydrogen) atoms. The maximum Gasteiger partial charge on any atom is 0.335 e. The van der Waals surface area contributed by atoms with Gasteiger partial charge in [-0.3, -0.25) is 0 Å². The fourth-order valence-electron chi connectivity index (χ4n) is 1.75. The van der Waals surface area contributed by atoms with Crippen LogP contribution in [0.25, 0.3) is 0 Å². The molecule has 0 amide bonds. The predicted molar refractivity (Wildman–Crippen MR) is 71.9 cm³/mol. The number of hydrogen-bond acceptors (Lipinski definition) is 2. The van der Waals surface area contributed by atoms with Gasteiger partial charge in [-0.2, -0.15) is 0 Å². The van der Waals surface area contributed by atoms with Crippen LogP contribution >= 0.6 is 0 Å². The highest BCUT2D eigenvalue weighted by Crippen LogP contribution is 2.18. The molecule has 0 radical (unpaired) electrons. The summed E-state index contributed by atoms with van der Waals surface area (Å²) in [6, 6.07) is 11.1. The molecule has 98 valence electrons. The number of carboxylic acids is 1. The van der Waals surface area contributed by atoms with E-state index in [1.165, 1.54) is 12.1 Å². The Morgan fingerprint density at radius 2 is 1.89 bits per heavy atom. The third kappa shape index (κ3) is 3.31. The SMILES string of the molecule is Cc1ccc(C(=O)O)cc1NCc1ccc(F)cc1. The van der Waals surface area contributed by atoms with Gasteiger partial charge in [0.25, 0.3) is 0 Å². The summed E-state index contributed by atoms with van der Waals surface area (Å²) in [7, 11) is 0. The average Bonchev–Trinajstić information content (AvgIpc) is 2.39. The maximum atomic E-state index is 12.8. The van der Waals surface area contributed by atoms with Crippen molar-refractivity contribution in [3.63, 3.8) is 0 Å². The Morgan fingerprint density at radius 1 is 1.21 bits per heavy atom. The minimum Gasteiger partial charge on any atom is -0.478 e. The Bertz CT molecular complexity index is 594. The molecule has 2 aromatic rings.